The van der Waals surface area contributed by atoms with Crippen molar-refractivity contribution in [2.45, 2.75) is 39.0 Å². The summed E-state index contributed by atoms with van der Waals surface area (Å²) in [5.41, 5.74) is 9.89. The third kappa shape index (κ3) is 3.37. The lowest BCUT2D eigenvalue weighted by Gasteiger charge is -2.03. The summed E-state index contributed by atoms with van der Waals surface area (Å²) in [6.07, 6.45) is 5.37. The minimum atomic E-state index is 0.830. The van der Waals surface area contributed by atoms with E-state index in [0.29, 0.717) is 0 Å². The Balaban J connectivity index is 1.97. The number of aromatic nitrogens is 2. The third-order valence-corrected chi connectivity index (χ3v) is 3.50. The lowest BCUT2D eigenvalue weighted by atomic mass is 10.0. The molecule has 0 aliphatic heterocycles. The first-order chi connectivity index (χ1) is 9.22. The summed E-state index contributed by atoms with van der Waals surface area (Å²) in [6.45, 7) is 2.18. The molecule has 0 fully saturated rings. The van der Waals surface area contributed by atoms with Gasteiger partial charge in [-0.1, -0.05) is 43.7 Å². The molecule has 0 spiro atoms. The molecule has 0 radical (unpaired) electrons. The molecular weight excluding hydrogens is 234 g/mol. The maximum absolute atomic E-state index is 6.07. The van der Waals surface area contributed by atoms with Gasteiger partial charge < -0.3 is 5.73 Å². The van der Waals surface area contributed by atoms with Crippen LogP contribution >= 0.6 is 0 Å². The highest BCUT2D eigenvalue weighted by Crippen LogP contribution is 2.20. The predicted molar refractivity (Wildman–Crippen MR) is 80.1 cm³/mol. The van der Waals surface area contributed by atoms with Crippen LogP contribution in [0, 0.1) is 0 Å². The molecule has 0 unspecified atom stereocenters. The average Bonchev–Trinajstić information content (AvgIpc) is 2.68. The zero-order valence-electron chi connectivity index (χ0n) is 11.9. The number of hydrogen-bond acceptors (Lipinski definition) is 2. The van der Waals surface area contributed by atoms with Gasteiger partial charge in [0.1, 0.15) is 5.82 Å². The minimum absolute atomic E-state index is 0.830. The van der Waals surface area contributed by atoms with Crippen LogP contribution in [0.15, 0.2) is 30.3 Å². The van der Waals surface area contributed by atoms with Crippen LogP contribution in [0.2, 0.25) is 0 Å². The van der Waals surface area contributed by atoms with Crippen molar-refractivity contribution >= 4 is 5.82 Å². The van der Waals surface area contributed by atoms with Crippen LogP contribution < -0.4 is 5.73 Å². The van der Waals surface area contributed by atoms with E-state index in [1.807, 2.05) is 11.7 Å². The molecule has 1 aromatic carbocycles. The number of benzene rings is 1. The van der Waals surface area contributed by atoms with Crippen molar-refractivity contribution in [3.05, 3.63) is 47.2 Å². The Bertz CT molecular complexity index is 514. The maximum atomic E-state index is 6.07. The number of rotatable bonds is 6. The number of nitrogens with zero attached hydrogens (tertiary/aromatic N) is 2. The van der Waals surface area contributed by atoms with Crippen LogP contribution in [0.4, 0.5) is 5.82 Å². The fourth-order valence-electron chi connectivity index (χ4n) is 2.47. The number of aryl methyl sites for hydroxylation is 3. The molecule has 1 heterocycles. The average molecular weight is 257 g/mol. The zero-order valence-corrected chi connectivity index (χ0v) is 11.9. The molecule has 2 N–H and O–H groups in total. The Morgan fingerprint density at radius 2 is 1.84 bits per heavy atom. The van der Waals surface area contributed by atoms with Gasteiger partial charge in [0.25, 0.3) is 0 Å². The first-order valence-electron chi connectivity index (χ1n) is 7.06. The molecule has 0 saturated heterocycles. The smallest absolute Gasteiger partial charge is 0.124 e. The summed E-state index contributed by atoms with van der Waals surface area (Å²) in [4.78, 5) is 0. The van der Waals surface area contributed by atoms with Crippen molar-refractivity contribution in [1.82, 2.24) is 9.78 Å². The Morgan fingerprint density at radius 1 is 1.11 bits per heavy atom. The van der Waals surface area contributed by atoms with Crippen LogP contribution in [0.5, 0.6) is 0 Å². The van der Waals surface area contributed by atoms with Crippen molar-refractivity contribution < 1.29 is 0 Å². The quantitative estimate of drug-likeness (QED) is 0.864. The van der Waals surface area contributed by atoms with E-state index in [9.17, 15) is 0 Å². The second-order valence-electron chi connectivity index (χ2n) is 5.02. The fourth-order valence-corrected chi connectivity index (χ4v) is 2.47. The van der Waals surface area contributed by atoms with Crippen molar-refractivity contribution in [3.63, 3.8) is 0 Å². The Hall–Kier alpha value is -1.77. The van der Waals surface area contributed by atoms with Gasteiger partial charge in [0.05, 0.1) is 5.69 Å². The van der Waals surface area contributed by atoms with Crippen LogP contribution in [0.1, 0.15) is 36.6 Å². The van der Waals surface area contributed by atoms with E-state index in [1.54, 1.807) is 0 Å². The highest BCUT2D eigenvalue weighted by Gasteiger charge is 2.12. The Morgan fingerprint density at radius 3 is 2.53 bits per heavy atom. The van der Waals surface area contributed by atoms with Gasteiger partial charge in [0.15, 0.2) is 0 Å². The van der Waals surface area contributed by atoms with E-state index < -0.39 is 0 Å². The van der Waals surface area contributed by atoms with Crippen LogP contribution in [-0.4, -0.2) is 9.78 Å². The molecule has 102 valence electrons. The molecule has 1 aromatic heterocycles. The Kier molecular flexibility index (Phi) is 4.61. The molecule has 3 heteroatoms. The number of anilines is 1. The summed E-state index contributed by atoms with van der Waals surface area (Å²) in [7, 11) is 1.93. The second kappa shape index (κ2) is 6.41. The predicted octanol–water partition coefficient (Wildman–Crippen LogP) is 3.13. The zero-order chi connectivity index (χ0) is 13.7. The number of hydrogen-bond donors (Lipinski definition) is 1. The van der Waals surface area contributed by atoms with Gasteiger partial charge in [-0.15, -0.1) is 0 Å². The molecule has 3 nitrogen and oxygen atoms in total. The van der Waals surface area contributed by atoms with E-state index in [1.165, 1.54) is 16.8 Å². The van der Waals surface area contributed by atoms with Crippen LogP contribution in [0.25, 0.3) is 0 Å². The van der Waals surface area contributed by atoms with E-state index in [-0.39, 0.29) is 0 Å². The largest absolute Gasteiger partial charge is 0.384 e. The minimum Gasteiger partial charge on any atom is -0.384 e. The van der Waals surface area contributed by atoms with Gasteiger partial charge in [0.2, 0.25) is 0 Å². The standard InChI is InChI=1S/C16H23N3/c1-3-8-14-15(18-19(2)16(14)17)12-7-11-13-9-5-4-6-10-13/h4-6,9-10H,3,7-8,11-12,17H2,1-2H3. The fraction of sp³-hybridized carbons (Fsp3) is 0.438. The topological polar surface area (TPSA) is 43.8 Å². The van der Waals surface area contributed by atoms with Gasteiger partial charge in [-0.25, -0.2) is 0 Å². The van der Waals surface area contributed by atoms with E-state index in [2.05, 4.69) is 42.4 Å². The van der Waals surface area contributed by atoms with Crippen molar-refractivity contribution in [2.24, 2.45) is 7.05 Å². The normalized spacial score (nSPS) is 10.8. The first-order valence-corrected chi connectivity index (χ1v) is 7.06. The van der Waals surface area contributed by atoms with Crippen molar-refractivity contribution in [2.75, 3.05) is 5.73 Å². The molecule has 0 saturated carbocycles. The maximum Gasteiger partial charge on any atom is 0.124 e. The van der Waals surface area contributed by atoms with Gasteiger partial charge >= 0.3 is 0 Å². The number of nitrogens with two attached hydrogens (primary N) is 1. The summed E-state index contributed by atoms with van der Waals surface area (Å²) in [5.74, 6) is 0.830. The molecule has 0 aliphatic rings. The van der Waals surface area contributed by atoms with Crippen molar-refractivity contribution in [1.29, 1.82) is 0 Å². The Labute approximate surface area is 115 Å². The molecule has 0 bridgehead atoms. The number of nitrogen functional groups attached to an aromatic ring is 1. The monoisotopic (exact) mass is 257 g/mol. The third-order valence-electron chi connectivity index (χ3n) is 3.50. The molecule has 2 aromatic rings. The van der Waals surface area contributed by atoms with Crippen molar-refractivity contribution in [3.8, 4) is 0 Å². The molecular formula is C16H23N3. The molecule has 19 heavy (non-hydrogen) atoms. The van der Waals surface area contributed by atoms with E-state index in [0.717, 1.165) is 37.9 Å². The molecule has 2 rings (SSSR count). The van der Waals surface area contributed by atoms with Gasteiger partial charge in [-0.2, -0.15) is 5.10 Å². The summed E-state index contributed by atoms with van der Waals surface area (Å²) in [6, 6.07) is 10.6. The van der Waals surface area contributed by atoms with Gasteiger partial charge in [0, 0.05) is 12.6 Å². The lowest BCUT2D eigenvalue weighted by molar-refractivity contribution is 0.723. The highest BCUT2D eigenvalue weighted by molar-refractivity contribution is 5.43. The molecule has 0 amide bonds. The summed E-state index contributed by atoms with van der Waals surface area (Å²) < 4.78 is 1.81. The highest BCUT2D eigenvalue weighted by atomic mass is 15.3. The lowest BCUT2D eigenvalue weighted by Crippen LogP contribution is -1.99. The van der Waals surface area contributed by atoms with E-state index >= 15 is 0 Å². The second-order valence-corrected chi connectivity index (χ2v) is 5.02. The van der Waals surface area contributed by atoms with Crippen LogP contribution in [-0.2, 0) is 26.3 Å². The first kappa shape index (κ1) is 13.7. The van der Waals surface area contributed by atoms with E-state index in [4.69, 9.17) is 5.73 Å². The van der Waals surface area contributed by atoms with Gasteiger partial charge in [-0.3, -0.25) is 4.68 Å². The summed E-state index contributed by atoms with van der Waals surface area (Å²) >= 11 is 0. The summed E-state index contributed by atoms with van der Waals surface area (Å²) in [5, 5.41) is 4.55. The van der Waals surface area contributed by atoms with Gasteiger partial charge in [-0.05, 0) is 31.2 Å². The SMILES string of the molecule is CCCc1c(CCCc2ccccc2)nn(C)c1N. The molecule has 0 aliphatic carbocycles. The molecule has 0 atom stereocenters. The van der Waals surface area contributed by atoms with Crippen LogP contribution in [0.3, 0.4) is 0 Å².